The summed E-state index contributed by atoms with van der Waals surface area (Å²) in [7, 11) is 0. The van der Waals surface area contributed by atoms with Crippen LogP contribution in [0.3, 0.4) is 0 Å². The van der Waals surface area contributed by atoms with Crippen LogP contribution in [0.25, 0.3) is 39.5 Å². The van der Waals surface area contributed by atoms with Gasteiger partial charge in [0, 0.05) is 10.6 Å². The van der Waals surface area contributed by atoms with Crippen LogP contribution in [-0.2, 0) is 4.79 Å². The van der Waals surface area contributed by atoms with E-state index in [1.165, 1.54) is 0 Å². The third-order valence-electron chi connectivity index (χ3n) is 5.83. The van der Waals surface area contributed by atoms with Crippen molar-refractivity contribution in [3.8, 4) is 45.3 Å². The Labute approximate surface area is 213 Å². The molecule has 7 heteroatoms. The number of aliphatic carboxylic acids is 1. The molecule has 6 nitrogen and oxygen atoms in total. The number of furan rings is 1. The van der Waals surface area contributed by atoms with Crippen molar-refractivity contribution in [2.45, 2.75) is 19.4 Å². The first kappa shape index (κ1) is 23.5. The quantitative estimate of drug-likeness (QED) is 0.242. The zero-order valence-corrected chi connectivity index (χ0v) is 20.2. The molecule has 1 atom stereocenters. The topological polar surface area (TPSA) is 77.5 Å². The first-order valence-electron chi connectivity index (χ1n) is 11.5. The van der Waals surface area contributed by atoms with Crippen molar-refractivity contribution in [1.82, 2.24) is 9.78 Å². The summed E-state index contributed by atoms with van der Waals surface area (Å²) in [5.74, 6) is 0.205. The van der Waals surface area contributed by atoms with Crippen molar-refractivity contribution < 1.29 is 19.1 Å². The third-order valence-corrected chi connectivity index (χ3v) is 6.08. The maximum Gasteiger partial charge on any atom is 0.344 e. The minimum Gasteiger partial charge on any atom is -0.479 e. The predicted octanol–water partition coefficient (Wildman–Crippen LogP) is 7.36. The highest BCUT2D eigenvalue weighted by molar-refractivity contribution is 6.30. The van der Waals surface area contributed by atoms with Crippen molar-refractivity contribution >= 4 is 17.6 Å². The van der Waals surface area contributed by atoms with Crippen molar-refractivity contribution in [2.75, 3.05) is 0 Å². The molecule has 2 heterocycles. The van der Waals surface area contributed by atoms with Gasteiger partial charge in [0.05, 0.1) is 17.6 Å². The Bertz CT molecular complexity index is 1490. The lowest BCUT2D eigenvalue weighted by Crippen LogP contribution is -2.25. The zero-order valence-electron chi connectivity index (χ0n) is 19.5. The Morgan fingerprint density at radius 2 is 1.78 bits per heavy atom. The summed E-state index contributed by atoms with van der Waals surface area (Å²) >= 11 is 6.11. The number of carboxylic acids is 1. The van der Waals surface area contributed by atoms with Gasteiger partial charge in [0.15, 0.2) is 11.9 Å². The zero-order chi connectivity index (χ0) is 25.1. The minimum absolute atomic E-state index is 0.369. The fraction of sp³-hybridized carbons (Fsp3) is 0.103. The van der Waals surface area contributed by atoms with Crippen LogP contribution < -0.4 is 4.74 Å². The van der Waals surface area contributed by atoms with Gasteiger partial charge in [-0.2, -0.15) is 5.10 Å². The average molecular weight is 499 g/mol. The maximum absolute atomic E-state index is 11.4. The normalized spacial score (nSPS) is 11.8. The van der Waals surface area contributed by atoms with Gasteiger partial charge in [-0.05, 0) is 72.1 Å². The second kappa shape index (κ2) is 10.1. The summed E-state index contributed by atoms with van der Waals surface area (Å²) in [6.07, 6.45) is 1.10. The SMILES string of the molecule is CCC(Oc1cccc(-c2ccccc2-c2cc(-c3ccco3)n(-c3ccc(Cl)cc3)n2)c1)C(=O)O. The largest absolute Gasteiger partial charge is 0.479 e. The second-order valence-electron chi connectivity index (χ2n) is 8.21. The van der Waals surface area contributed by atoms with E-state index in [0.717, 1.165) is 33.8 Å². The van der Waals surface area contributed by atoms with Gasteiger partial charge in [0.25, 0.3) is 0 Å². The molecule has 0 saturated carbocycles. The van der Waals surface area contributed by atoms with Crippen LogP contribution in [-0.4, -0.2) is 27.0 Å². The molecule has 5 rings (SSSR count). The fourth-order valence-corrected chi connectivity index (χ4v) is 4.19. The number of ether oxygens (including phenoxy) is 1. The lowest BCUT2D eigenvalue weighted by molar-refractivity contribution is -0.145. The molecule has 5 aromatic rings. The number of hydrogen-bond donors (Lipinski definition) is 1. The van der Waals surface area contributed by atoms with E-state index in [1.807, 2.05) is 89.6 Å². The molecule has 0 aliphatic carbocycles. The van der Waals surface area contributed by atoms with Crippen LogP contribution in [0, 0.1) is 0 Å². The Hall–Kier alpha value is -4.29. The second-order valence-corrected chi connectivity index (χ2v) is 8.64. The van der Waals surface area contributed by atoms with E-state index in [-0.39, 0.29) is 0 Å². The summed E-state index contributed by atoms with van der Waals surface area (Å²) < 4.78 is 13.3. The number of halogens is 1. The maximum atomic E-state index is 11.4. The Morgan fingerprint density at radius 1 is 1.00 bits per heavy atom. The summed E-state index contributed by atoms with van der Waals surface area (Å²) in [4.78, 5) is 11.4. The highest BCUT2D eigenvalue weighted by Gasteiger charge is 2.19. The van der Waals surface area contributed by atoms with E-state index in [1.54, 1.807) is 19.3 Å². The molecule has 0 fully saturated rings. The fourth-order valence-electron chi connectivity index (χ4n) is 4.06. The number of hydrogen-bond acceptors (Lipinski definition) is 4. The smallest absolute Gasteiger partial charge is 0.344 e. The van der Waals surface area contributed by atoms with Crippen LogP contribution in [0.15, 0.2) is 102 Å². The first-order valence-corrected chi connectivity index (χ1v) is 11.9. The highest BCUT2D eigenvalue weighted by atomic mass is 35.5. The number of benzene rings is 3. The van der Waals surface area contributed by atoms with Gasteiger partial charge < -0.3 is 14.3 Å². The van der Waals surface area contributed by atoms with Gasteiger partial charge in [-0.3, -0.25) is 0 Å². The lowest BCUT2D eigenvalue weighted by atomic mass is 9.97. The van der Waals surface area contributed by atoms with Gasteiger partial charge in [-0.1, -0.05) is 54.9 Å². The highest BCUT2D eigenvalue weighted by Crippen LogP contribution is 2.36. The van der Waals surface area contributed by atoms with E-state index >= 15 is 0 Å². The summed E-state index contributed by atoms with van der Waals surface area (Å²) in [6, 6.07) is 28.6. The van der Waals surface area contributed by atoms with Crippen LogP contribution in [0.2, 0.25) is 5.02 Å². The van der Waals surface area contributed by atoms with Gasteiger partial charge in [0.2, 0.25) is 0 Å². The molecule has 0 spiro atoms. The molecule has 0 bridgehead atoms. The van der Waals surface area contributed by atoms with Gasteiger partial charge in [0.1, 0.15) is 11.4 Å². The number of nitrogens with zero attached hydrogens (tertiary/aromatic N) is 2. The molecule has 180 valence electrons. The van der Waals surface area contributed by atoms with Crippen molar-refractivity contribution in [3.05, 3.63) is 102 Å². The molecule has 0 saturated heterocycles. The van der Waals surface area contributed by atoms with Crippen LogP contribution in [0.4, 0.5) is 0 Å². The Kier molecular flexibility index (Phi) is 6.60. The van der Waals surface area contributed by atoms with Crippen molar-refractivity contribution in [2.24, 2.45) is 0 Å². The van der Waals surface area contributed by atoms with Gasteiger partial charge in [-0.15, -0.1) is 0 Å². The Balaban J connectivity index is 1.59. The first-order chi connectivity index (χ1) is 17.5. The van der Waals surface area contributed by atoms with E-state index < -0.39 is 12.1 Å². The summed E-state index contributed by atoms with van der Waals surface area (Å²) in [5, 5.41) is 15.0. The number of rotatable bonds is 8. The molecule has 2 aromatic heterocycles. The molecule has 0 aliphatic heterocycles. The van der Waals surface area contributed by atoms with E-state index in [4.69, 9.17) is 25.9 Å². The molecule has 36 heavy (non-hydrogen) atoms. The van der Waals surface area contributed by atoms with Crippen molar-refractivity contribution in [3.63, 3.8) is 0 Å². The average Bonchev–Trinajstić information content (AvgIpc) is 3.58. The van der Waals surface area contributed by atoms with Crippen LogP contribution in [0.1, 0.15) is 13.3 Å². The van der Waals surface area contributed by atoms with E-state index in [9.17, 15) is 9.90 Å². The molecular formula is C29H23ClN2O4. The van der Waals surface area contributed by atoms with Crippen LogP contribution >= 0.6 is 11.6 Å². The standard InChI is InChI=1S/C29H23ClN2O4/c1-2-27(29(33)34)36-22-8-5-7-19(17-22)23-9-3-4-10-24(23)25-18-26(28-11-6-16-35-28)32(31-25)21-14-12-20(30)13-15-21/h3-18,27H,2H2,1H3,(H,33,34). The lowest BCUT2D eigenvalue weighted by Gasteiger charge is -2.15. The monoisotopic (exact) mass is 498 g/mol. The van der Waals surface area contributed by atoms with Crippen molar-refractivity contribution in [1.29, 1.82) is 0 Å². The van der Waals surface area contributed by atoms with E-state index in [2.05, 4.69) is 0 Å². The van der Waals surface area contributed by atoms with E-state index in [0.29, 0.717) is 23.0 Å². The molecule has 1 unspecified atom stereocenters. The molecule has 1 N–H and O–H groups in total. The summed E-state index contributed by atoms with van der Waals surface area (Å²) in [6.45, 7) is 1.78. The van der Waals surface area contributed by atoms with Gasteiger partial charge in [-0.25, -0.2) is 9.48 Å². The molecule has 0 radical (unpaired) electrons. The number of carboxylic acid groups (broad SMARTS) is 1. The van der Waals surface area contributed by atoms with Crippen LogP contribution in [0.5, 0.6) is 5.75 Å². The molecule has 3 aromatic carbocycles. The Morgan fingerprint density at radius 3 is 2.47 bits per heavy atom. The number of aromatic nitrogens is 2. The predicted molar refractivity (Wildman–Crippen MR) is 139 cm³/mol. The third kappa shape index (κ3) is 4.76. The summed E-state index contributed by atoms with van der Waals surface area (Å²) in [5.41, 5.74) is 5.17. The van der Waals surface area contributed by atoms with Gasteiger partial charge >= 0.3 is 5.97 Å². The molecule has 0 amide bonds. The molecular weight excluding hydrogens is 476 g/mol. The number of carbonyl (C=O) groups is 1. The molecule has 0 aliphatic rings. The minimum atomic E-state index is -0.985.